The molecule has 0 fully saturated rings. The maximum Gasteiger partial charge on any atom is -0.00177 e. The molecule has 7 rings (SSSR count). The van der Waals surface area contributed by atoms with Crippen molar-refractivity contribution in [2.75, 3.05) is 0 Å². The van der Waals surface area contributed by atoms with Crippen LogP contribution in [0.15, 0.2) is 109 Å². The van der Waals surface area contributed by atoms with E-state index in [2.05, 4.69) is 123 Å². The van der Waals surface area contributed by atoms with E-state index in [1.807, 2.05) is 0 Å². The van der Waals surface area contributed by atoms with Gasteiger partial charge < -0.3 is 0 Å². The van der Waals surface area contributed by atoms with E-state index < -0.39 is 0 Å². The van der Waals surface area contributed by atoms with Gasteiger partial charge in [0, 0.05) is 0 Å². The van der Waals surface area contributed by atoms with Crippen LogP contribution in [0, 0.1) is 13.8 Å². The van der Waals surface area contributed by atoms with Gasteiger partial charge in [-0.3, -0.25) is 0 Å². The second kappa shape index (κ2) is 7.17. The van der Waals surface area contributed by atoms with Gasteiger partial charge in [0.1, 0.15) is 0 Å². The lowest BCUT2D eigenvalue weighted by molar-refractivity contribution is 1.46. The van der Waals surface area contributed by atoms with Crippen LogP contribution in [0.4, 0.5) is 0 Å². The smallest absolute Gasteiger partial charge is 0.00177 e. The molecule has 0 radical (unpaired) electrons. The summed E-state index contributed by atoms with van der Waals surface area (Å²) in [6.45, 7) is 4.41. The molecular formula is C34H24. The second-order valence-corrected chi connectivity index (χ2v) is 9.53. The number of benzene rings is 7. The highest BCUT2D eigenvalue weighted by molar-refractivity contribution is 6.28. The molecule has 0 unspecified atom stereocenters. The van der Waals surface area contributed by atoms with Crippen LogP contribution in [0.1, 0.15) is 11.1 Å². The molecule has 0 spiro atoms. The first-order valence-electron chi connectivity index (χ1n) is 11.9. The summed E-state index contributed by atoms with van der Waals surface area (Å²) in [4.78, 5) is 0. The van der Waals surface area contributed by atoms with Crippen molar-refractivity contribution in [2.45, 2.75) is 13.8 Å². The Morgan fingerprint density at radius 3 is 1.97 bits per heavy atom. The standard InChI is InChI=1S/C34H24/c1-21-6-5-9-26(18-21)32-19-22(2)28-14-12-24-13-15-29(30-16-17-31(32)34(28)33(24)30)27-11-10-23-7-3-4-8-25(23)20-27/h3-20H,1-2H3. The van der Waals surface area contributed by atoms with Gasteiger partial charge in [-0.05, 0) is 90.8 Å². The van der Waals surface area contributed by atoms with Crippen LogP contribution in [0.2, 0.25) is 0 Å². The van der Waals surface area contributed by atoms with E-state index in [9.17, 15) is 0 Å². The van der Waals surface area contributed by atoms with Gasteiger partial charge in [0.2, 0.25) is 0 Å². The SMILES string of the molecule is Cc1cccc(-c2cc(C)c3ccc4ccc(-c5ccc6ccccc6c5)c5ccc2c3c45)c1. The molecule has 7 aromatic carbocycles. The molecule has 0 atom stereocenters. The Hall–Kier alpha value is -4.16. The Morgan fingerprint density at radius 1 is 0.412 bits per heavy atom. The first-order chi connectivity index (χ1) is 16.7. The van der Waals surface area contributed by atoms with Crippen molar-refractivity contribution in [1.29, 1.82) is 0 Å². The summed E-state index contributed by atoms with van der Waals surface area (Å²) < 4.78 is 0. The molecule has 0 aliphatic heterocycles. The molecule has 0 saturated heterocycles. The van der Waals surface area contributed by atoms with Gasteiger partial charge in [-0.25, -0.2) is 0 Å². The molecule has 160 valence electrons. The van der Waals surface area contributed by atoms with E-state index >= 15 is 0 Å². The van der Waals surface area contributed by atoms with Crippen molar-refractivity contribution in [3.63, 3.8) is 0 Å². The molecule has 0 heterocycles. The number of hydrogen-bond acceptors (Lipinski definition) is 0. The number of rotatable bonds is 2. The maximum atomic E-state index is 2.36. The fourth-order valence-electron chi connectivity index (χ4n) is 5.73. The van der Waals surface area contributed by atoms with Crippen LogP contribution >= 0.6 is 0 Å². The summed E-state index contributed by atoms with van der Waals surface area (Å²) in [5.41, 5.74) is 7.79. The van der Waals surface area contributed by atoms with E-state index in [-0.39, 0.29) is 0 Å². The third kappa shape index (κ3) is 2.79. The Balaban J connectivity index is 1.58. The molecule has 0 amide bonds. The molecule has 0 aliphatic carbocycles. The lowest BCUT2D eigenvalue weighted by atomic mass is 9.85. The maximum absolute atomic E-state index is 2.36. The highest BCUT2D eigenvalue weighted by atomic mass is 14.2. The Labute approximate surface area is 199 Å². The molecule has 0 N–H and O–H groups in total. The monoisotopic (exact) mass is 432 g/mol. The normalized spacial score (nSPS) is 11.8. The Bertz CT molecular complexity index is 1870. The minimum Gasteiger partial charge on any atom is -0.0616 e. The van der Waals surface area contributed by atoms with Crippen molar-refractivity contribution < 1.29 is 0 Å². The highest BCUT2D eigenvalue weighted by Crippen LogP contribution is 2.43. The largest absolute Gasteiger partial charge is 0.0616 e. The summed E-state index contributed by atoms with van der Waals surface area (Å²) in [5, 5.41) is 10.6. The van der Waals surface area contributed by atoms with Gasteiger partial charge in [0.05, 0.1) is 0 Å². The van der Waals surface area contributed by atoms with Crippen LogP contribution in [-0.4, -0.2) is 0 Å². The highest BCUT2D eigenvalue weighted by Gasteiger charge is 2.16. The molecule has 34 heavy (non-hydrogen) atoms. The lowest BCUT2D eigenvalue weighted by Gasteiger charge is -2.18. The van der Waals surface area contributed by atoms with Crippen LogP contribution in [0.5, 0.6) is 0 Å². The lowest BCUT2D eigenvalue weighted by Crippen LogP contribution is -1.92. The van der Waals surface area contributed by atoms with Gasteiger partial charge in [0.25, 0.3) is 0 Å². The molecule has 7 aromatic rings. The van der Waals surface area contributed by atoms with Gasteiger partial charge in [0.15, 0.2) is 0 Å². The van der Waals surface area contributed by atoms with Gasteiger partial charge in [-0.15, -0.1) is 0 Å². The molecule has 0 saturated carbocycles. The Kier molecular flexibility index (Phi) is 4.07. The predicted octanol–water partition coefficient (Wildman–Crippen LogP) is 9.69. The van der Waals surface area contributed by atoms with Gasteiger partial charge >= 0.3 is 0 Å². The van der Waals surface area contributed by atoms with Crippen molar-refractivity contribution in [2.24, 2.45) is 0 Å². The number of aryl methyl sites for hydroxylation is 2. The van der Waals surface area contributed by atoms with Crippen LogP contribution in [0.25, 0.3) is 65.3 Å². The summed E-state index contributed by atoms with van der Waals surface area (Å²) in [5.74, 6) is 0. The quantitative estimate of drug-likeness (QED) is 0.239. The average Bonchev–Trinajstić information content (AvgIpc) is 2.87. The van der Waals surface area contributed by atoms with Crippen molar-refractivity contribution in [3.8, 4) is 22.3 Å². The predicted molar refractivity (Wildman–Crippen MR) is 148 cm³/mol. The first kappa shape index (κ1) is 19.3. The van der Waals surface area contributed by atoms with E-state index in [1.54, 1.807) is 0 Å². The fourth-order valence-corrected chi connectivity index (χ4v) is 5.73. The Morgan fingerprint density at radius 2 is 1.12 bits per heavy atom. The topological polar surface area (TPSA) is 0 Å². The minimum absolute atomic E-state index is 1.27. The minimum atomic E-state index is 1.27. The zero-order valence-corrected chi connectivity index (χ0v) is 19.4. The first-order valence-corrected chi connectivity index (χ1v) is 11.9. The number of hydrogen-bond donors (Lipinski definition) is 0. The molecule has 0 heteroatoms. The summed E-state index contributed by atoms with van der Waals surface area (Å²) in [6.07, 6.45) is 0. The van der Waals surface area contributed by atoms with Crippen molar-refractivity contribution in [1.82, 2.24) is 0 Å². The van der Waals surface area contributed by atoms with E-state index in [4.69, 9.17) is 0 Å². The van der Waals surface area contributed by atoms with Crippen LogP contribution in [0.3, 0.4) is 0 Å². The molecular weight excluding hydrogens is 408 g/mol. The fraction of sp³-hybridized carbons (Fsp3) is 0.0588. The molecule has 0 aromatic heterocycles. The van der Waals surface area contributed by atoms with Crippen molar-refractivity contribution >= 4 is 43.1 Å². The molecule has 0 nitrogen and oxygen atoms in total. The van der Waals surface area contributed by atoms with E-state index in [0.717, 1.165) is 0 Å². The van der Waals surface area contributed by atoms with Gasteiger partial charge in [-0.1, -0.05) is 109 Å². The number of fused-ring (bicyclic) bond motifs is 1. The van der Waals surface area contributed by atoms with Crippen LogP contribution in [-0.2, 0) is 0 Å². The van der Waals surface area contributed by atoms with E-state index in [0.29, 0.717) is 0 Å². The van der Waals surface area contributed by atoms with Crippen molar-refractivity contribution in [3.05, 3.63) is 120 Å². The average molecular weight is 433 g/mol. The van der Waals surface area contributed by atoms with Gasteiger partial charge in [-0.2, -0.15) is 0 Å². The summed E-state index contributed by atoms with van der Waals surface area (Å²) >= 11 is 0. The molecule has 0 aliphatic rings. The zero-order valence-electron chi connectivity index (χ0n) is 19.4. The second-order valence-electron chi connectivity index (χ2n) is 9.53. The summed E-state index contributed by atoms with van der Waals surface area (Å²) in [7, 11) is 0. The van der Waals surface area contributed by atoms with Crippen LogP contribution < -0.4 is 0 Å². The zero-order chi connectivity index (χ0) is 22.8. The molecule has 0 bridgehead atoms. The van der Waals surface area contributed by atoms with E-state index in [1.165, 1.54) is 76.5 Å². The third-order valence-corrected chi connectivity index (χ3v) is 7.38. The third-order valence-electron chi connectivity index (χ3n) is 7.38. The summed E-state index contributed by atoms with van der Waals surface area (Å²) in [6, 6.07) is 40.5.